The fourth-order valence-corrected chi connectivity index (χ4v) is 8.09. The molecular formula is C51H73BCl2N2O15S2. The quantitative estimate of drug-likeness (QED) is 0.0662. The number of carbonyl (C=O) groups is 4. The number of aliphatic carboxylic acids is 2. The number of nitrogens with zero attached hydrogens (tertiary/aromatic N) is 2. The number of anilines is 2. The molecule has 2 radical (unpaired) electrons. The summed E-state index contributed by atoms with van der Waals surface area (Å²) in [6.45, 7) is 7.23. The Balaban J connectivity index is 0. The lowest BCUT2D eigenvalue weighted by Gasteiger charge is -2.32. The van der Waals surface area contributed by atoms with Gasteiger partial charge in [-0.15, -0.1) is 0 Å². The van der Waals surface area contributed by atoms with E-state index >= 15 is 0 Å². The van der Waals surface area contributed by atoms with Gasteiger partial charge in [0.1, 0.15) is 24.4 Å². The third-order valence-corrected chi connectivity index (χ3v) is 11.5. The first-order valence-electron chi connectivity index (χ1n) is 21.1. The number of carboxylic acid groups (broad SMARTS) is 2. The number of hydrogen-bond acceptors (Lipinski definition) is 13. The van der Waals surface area contributed by atoms with Gasteiger partial charge < -0.3 is 63.7 Å². The highest BCUT2D eigenvalue weighted by Gasteiger charge is 2.42. The van der Waals surface area contributed by atoms with E-state index < -0.39 is 71.8 Å². The number of ether oxygens (including phenoxy) is 6. The van der Waals surface area contributed by atoms with Gasteiger partial charge in [0.25, 0.3) is 19.9 Å². The van der Waals surface area contributed by atoms with Crippen LogP contribution in [0.5, 0.6) is 23.0 Å². The Kier molecular flexibility index (Phi) is 29.9. The molecule has 0 unspecified atom stereocenters. The van der Waals surface area contributed by atoms with Crippen LogP contribution in [0.3, 0.4) is 0 Å². The first-order chi connectivity index (χ1) is 32.2. The largest absolute Gasteiger partial charge is 0.493 e. The van der Waals surface area contributed by atoms with Crippen LogP contribution in [0, 0.1) is 10.8 Å². The predicted octanol–water partition coefficient (Wildman–Crippen LogP) is 8.54. The highest BCUT2D eigenvalue weighted by atomic mass is 35.5. The maximum Gasteiger partial charge on any atom is 0.306 e. The Morgan fingerprint density at radius 3 is 1.19 bits per heavy atom. The number of fused-ring (bicyclic) bond motifs is 2. The van der Waals surface area contributed by atoms with Gasteiger partial charge in [0.05, 0.1) is 41.3 Å². The second kappa shape index (κ2) is 31.1. The summed E-state index contributed by atoms with van der Waals surface area (Å²) in [6, 6.07) is 20.6. The lowest BCUT2D eigenvalue weighted by Crippen LogP contribution is -2.45. The van der Waals surface area contributed by atoms with Crippen molar-refractivity contribution in [2.75, 3.05) is 64.5 Å². The molecule has 2 amide bonds. The lowest BCUT2D eigenvalue weighted by atomic mass is 9.92. The number of para-hydroxylation sites is 2. The zero-order valence-electron chi connectivity index (χ0n) is 40.0. The van der Waals surface area contributed by atoms with E-state index in [2.05, 4.69) is 8.05 Å². The fourth-order valence-electron chi connectivity index (χ4n) is 7.73. The minimum atomic E-state index is -1.27. The summed E-state index contributed by atoms with van der Waals surface area (Å²) in [5.74, 6) is -1.62. The molecule has 406 valence electrons. The summed E-state index contributed by atoms with van der Waals surface area (Å²) in [5.41, 5.74) is 2.02. The van der Waals surface area contributed by atoms with Crippen molar-refractivity contribution in [3.63, 3.8) is 0 Å². The molecule has 0 aliphatic carbocycles. The average molecular weight is 1100 g/mol. The number of methoxy groups -OCH3 is 4. The Morgan fingerprint density at radius 2 is 0.918 bits per heavy atom. The van der Waals surface area contributed by atoms with Crippen LogP contribution in [0.1, 0.15) is 97.3 Å². The van der Waals surface area contributed by atoms with Crippen molar-refractivity contribution in [3.8, 4) is 23.0 Å². The van der Waals surface area contributed by atoms with Gasteiger partial charge in [0.2, 0.25) is 0 Å². The molecule has 0 fully saturated rings. The second-order valence-corrected chi connectivity index (χ2v) is 18.1. The molecule has 0 saturated carbocycles. The van der Waals surface area contributed by atoms with Crippen molar-refractivity contribution >= 4 is 93.4 Å². The first kappa shape index (κ1) is 70.2. The van der Waals surface area contributed by atoms with Crippen LogP contribution in [0.15, 0.2) is 72.8 Å². The summed E-state index contributed by atoms with van der Waals surface area (Å²) < 4.78 is 34.4. The van der Waals surface area contributed by atoms with Crippen LogP contribution in [0.2, 0.25) is 10.0 Å². The van der Waals surface area contributed by atoms with Crippen LogP contribution in [-0.4, -0.2) is 124 Å². The van der Waals surface area contributed by atoms with Crippen LogP contribution >= 0.6 is 50.2 Å². The third kappa shape index (κ3) is 17.1. The molecule has 2 aliphatic heterocycles. The number of carbonyl (C=O) groups excluding carboxylic acids is 2. The van der Waals surface area contributed by atoms with E-state index in [-0.39, 0.29) is 75.6 Å². The van der Waals surface area contributed by atoms with Crippen molar-refractivity contribution in [3.05, 3.63) is 105 Å². The molecule has 5 N–H and O–H groups in total. The molecule has 0 spiro atoms. The number of carboxylic acids is 2. The van der Waals surface area contributed by atoms with Gasteiger partial charge in [-0.05, 0) is 48.5 Å². The zero-order valence-corrected chi connectivity index (χ0v) is 43.5. The smallest absolute Gasteiger partial charge is 0.306 e. The minimum absolute atomic E-state index is 0. The van der Waals surface area contributed by atoms with Gasteiger partial charge in [-0.25, -0.2) is 0 Å². The third-order valence-electron chi connectivity index (χ3n) is 11.0. The number of aliphatic hydroxyl groups is 2. The molecule has 4 aromatic carbocycles. The van der Waals surface area contributed by atoms with Gasteiger partial charge in [-0.3, -0.25) is 19.2 Å². The van der Waals surface area contributed by atoms with E-state index in [0.717, 1.165) is 0 Å². The van der Waals surface area contributed by atoms with Gasteiger partial charge in [-0.2, -0.15) is 27.0 Å². The molecule has 0 saturated heterocycles. The molecule has 0 bridgehead atoms. The fraction of sp³-hybridized carbons (Fsp3) is 0.451. The molecule has 4 atom stereocenters. The lowest BCUT2D eigenvalue weighted by molar-refractivity contribution is -0.147. The Labute approximate surface area is 454 Å². The van der Waals surface area contributed by atoms with Crippen molar-refractivity contribution in [2.24, 2.45) is 10.8 Å². The molecule has 2 heterocycles. The number of amides is 2. The monoisotopic (exact) mass is 1100 g/mol. The molecule has 22 heteroatoms. The number of halogens is 2. The van der Waals surface area contributed by atoms with Crippen LogP contribution < -0.4 is 28.7 Å². The standard InChI is InChI=1S/2C24H28ClNO7.3CH4.BHO.2H2S/c2*1-24(2,13-27)12-26-17-9-8-14(25)10-16(17)21(33-19(23(26)30)11-20(28)29)15-6-5-7-18(31-3)22(15)32-4;;;;1-2;;/h2*5-10,19,21,27H,11-13H2,1-4H3,(H,28,29);3*1H4;2H;2*1H2/t2*19-,21-;;;;;;/m11....../s1. The topological polar surface area (TPSA) is 231 Å². The van der Waals surface area contributed by atoms with Crippen molar-refractivity contribution in [2.45, 2.75) is 87.2 Å². The second-order valence-electron chi connectivity index (χ2n) is 17.3. The maximum atomic E-state index is 13.5. The Bertz CT molecular complexity index is 2270. The van der Waals surface area contributed by atoms with E-state index in [9.17, 15) is 39.6 Å². The van der Waals surface area contributed by atoms with E-state index in [4.69, 9.17) is 56.6 Å². The van der Waals surface area contributed by atoms with Crippen molar-refractivity contribution in [1.29, 1.82) is 0 Å². The van der Waals surface area contributed by atoms with Crippen molar-refractivity contribution in [1.82, 2.24) is 0 Å². The molecule has 4 aromatic rings. The van der Waals surface area contributed by atoms with E-state index in [1.807, 2.05) is 27.7 Å². The average Bonchev–Trinajstić information content (AvgIpc) is 3.48. The SMILES string of the molecule is C.C.C.COc1cccc([C@H]2O[C@H](CC(=O)O)C(=O)N(CC(C)(C)CO)c3ccc(Cl)cc32)c1OC.COc1cccc([C@H]2O[C@H](CC(=O)O)C(=O)N(CC(C)(C)CO)c3ccc(Cl)cc32)c1OC.S.S.[B]O. The Morgan fingerprint density at radius 1 is 0.589 bits per heavy atom. The summed E-state index contributed by atoms with van der Waals surface area (Å²) in [4.78, 5) is 53.3. The normalized spacial score (nSPS) is 16.8. The van der Waals surface area contributed by atoms with Crippen LogP contribution in [-0.2, 0) is 28.7 Å². The maximum absolute atomic E-state index is 13.5. The predicted molar refractivity (Wildman–Crippen MR) is 295 cm³/mol. The number of benzene rings is 4. The number of rotatable bonds is 16. The number of aliphatic hydroxyl groups excluding tert-OH is 2. The van der Waals surface area contributed by atoms with E-state index in [1.165, 1.54) is 38.2 Å². The van der Waals surface area contributed by atoms with Crippen LogP contribution in [0.25, 0.3) is 0 Å². The first-order valence-corrected chi connectivity index (χ1v) is 21.8. The highest BCUT2D eigenvalue weighted by Crippen LogP contribution is 2.47. The molecule has 6 rings (SSSR count). The molecule has 0 aromatic heterocycles. The summed E-state index contributed by atoms with van der Waals surface area (Å²) >= 11 is 12.7. The molecule has 2 aliphatic rings. The van der Waals surface area contributed by atoms with Gasteiger partial charge >= 0.3 is 11.9 Å². The number of hydrogen-bond donors (Lipinski definition) is 5. The zero-order chi connectivity index (χ0) is 50.7. The summed E-state index contributed by atoms with van der Waals surface area (Å²) in [6.07, 6.45) is -5.33. The van der Waals surface area contributed by atoms with Crippen molar-refractivity contribution < 1.29 is 73.0 Å². The summed E-state index contributed by atoms with van der Waals surface area (Å²) in [7, 11) is 9.51. The van der Waals surface area contributed by atoms with E-state index in [1.54, 1.807) is 72.8 Å². The van der Waals surface area contributed by atoms with Gasteiger partial charge in [0, 0.05) is 80.8 Å². The van der Waals surface area contributed by atoms with Gasteiger partial charge in [0.15, 0.2) is 23.0 Å². The minimum Gasteiger partial charge on any atom is -0.493 e. The van der Waals surface area contributed by atoms with E-state index in [0.29, 0.717) is 66.7 Å². The molecular weight excluding hydrogens is 1030 g/mol. The highest BCUT2D eigenvalue weighted by molar-refractivity contribution is 7.59. The molecule has 17 nitrogen and oxygen atoms in total. The Hall–Kier alpha value is -4.90. The summed E-state index contributed by atoms with van der Waals surface area (Å²) in [5, 5.41) is 46.0. The van der Waals surface area contributed by atoms with Gasteiger partial charge in [-0.1, -0.05) is 97.4 Å². The van der Waals surface area contributed by atoms with Crippen LogP contribution in [0.4, 0.5) is 11.4 Å². The molecule has 73 heavy (non-hydrogen) atoms.